The lowest BCUT2D eigenvalue weighted by molar-refractivity contribution is 1.17. The van der Waals surface area contributed by atoms with Crippen LogP contribution in [0.2, 0.25) is 0 Å². The van der Waals surface area contributed by atoms with E-state index in [2.05, 4.69) is 9.97 Å². The molecule has 0 unspecified atom stereocenters. The molecule has 0 bridgehead atoms. The Morgan fingerprint density at radius 1 is 1.07 bits per heavy atom. The number of rotatable bonds is 2. The number of hydrogen-bond donors (Lipinski definition) is 1. The van der Waals surface area contributed by atoms with E-state index in [0.717, 1.165) is 5.56 Å². The van der Waals surface area contributed by atoms with E-state index >= 15 is 0 Å². The van der Waals surface area contributed by atoms with Gasteiger partial charge in [-0.05, 0) is 0 Å². The predicted molar refractivity (Wildman–Crippen MR) is 54.4 cm³/mol. The van der Waals surface area contributed by atoms with Crippen LogP contribution in [-0.2, 0) is 0 Å². The third kappa shape index (κ3) is 1.66. The predicted octanol–water partition coefficient (Wildman–Crippen LogP) is 1.89. The van der Waals surface area contributed by atoms with E-state index in [0.29, 0.717) is 11.4 Å². The van der Waals surface area contributed by atoms with Gasteiger partial charge >= 0.3 is 0 Å². The van der Waals surface area contributed by atoms with Gasteiger partial charge in [-0.25, -0.2) is 0 Å². The summed E-state index contributed by atoms with van der Waals surface area (Å²) in [6, 6.07) is 9.50. The van der Waals surface area contributed by atoms with Gasteiger partial charge < -0.3 is 0 Å². The quantitative estimate of drug-likeness (QED) is 0.723. The zero-order valence-corrected chi connectivity index (χ0v) is 7.51. The smallest absolute Gasteiger partial charge is 0.107 e. The monoisotopic (exact) mass is 183 g/mol. The Labute approximate surface area is 82.0 Å². The van der Waals surface area contributed by atoms with Gasteiger partial charge in [-0.2, -0.15) is 0 Å². The van der Waals surface area contributed by atoms with Gasteiger partial charge in [0.15, 0.2) is 0 Å². The van der Waals surface area contributed by atoms with Gasteiger partial charge in [-0.1, -0.05) is 30.3 Å². The van der Waals surface area contributed by atoms with E-state index in [-0.39, 0.29) is 0 Å². The van der Waals surface area contributed by atoms with Gasteiger partial charge in [0.1, 0.15) is 5.69 Å². The maximum absolute atomic E-state index is 7.87. The number of hydrogen-bond acceptors (Lipinski definition) is 3. The number of aromatic nitrogens is 2. The fraction of sp³-hybridized carbons (Fsp3) is 0. The molecule has 0 atom stereocenters. The van der Waals surface area contributed by atoms with Crippen LogP contribution in [-0.4, -0.2) is 15.7 Å². The lowest BCUT2D eigenvalue weighted by Crippen LogP contribution is -2.03. The molecular weight excluding hydrogens is 174 g/mol. The molecule has 0 aliphatic rings. The SMILES string of the molecule is N=C(c1ccccc1)c1cnccn1. The fourth-order valence-corrected chi connectivity index (χ4v) is 1.18. The summed E-state index contributed by atoms with van der Waals surface area (Å²) in [5.74, 6) is 0. The summed E-state index contributed by atoms with van der Waals surface area (Å²) in [6.45, 7) is 0. The van der Waals surface area contributed by atoms with Crippen LogP contribution in [0.1, 0.15) is 11.3 Å². The lowest BCUT2D eigenvalue weighted by atomic mass is 10.1. The minimum Gasteiger partial charge on any atom is -0.298 e. The molecular formula is C11H9N3. The van der Waals surface area contributed by atoms with E-state index in [9.17, 15) is 0 Å². The van der Waals surface area contributed by atoms with Crippen LogP contribution in [0.3, 0.4) is 0 Å². The van der Waals surface area contributed by atoms with Crippen molar-refractivity contribution in [1.29, 1.82) is 5.41 Å². The van der Waals surface area contributed by atoms with E-state index in [1.54, 1.807) is 18.6 Å². The molecule has 0 saturated heterocycles. The molecule has 14 heavy (non-hydrogen) atoms. The molecule has 2 rings (SSSR count). The zero-order valence-electron chi connectivity index (χ0n) is 7.51. The molecule has 0 amide bonds. The van der Waals surface area contributed by atoms with Crippen LogP contribution in [0.5, 0.6) is 0 Å². The largest absolute Gasteiger partial charge is 0.298 e. The topological polar surface area (TPSA) is 49.6 Å². The molecule has 0 aliphatic carbocycles. The fourth-order valence-electron chi connectivity index (χ4n) is 1.18. The molecule has 1 aromatic carbocycles. The number of nitrogens with one attached hydrogen (secondary N) is 1. The van der Waals surface area contributed by atoms with Crippen molar-refractivity contribution in [2.24, 2.45) is 0 Å². The van der Waals surface area contributed by atoms with Gasteiger partial charge in [-0.15, -0.1) is 0 Å². The summed E-state index contributed by atoms with van der Waals surface area (Å²) in [5.41, 5.74) is 1.85. The van der Waals surface area contributed by atoms with Crippen LogP contribution >= 0.6 is 0 Å². The zero-order chi connectivity index (χ0) is 9.80. The van der Waals surface area contributed by atoms with Crippen molar-refractivity contribution < 1.29 is 0 Å². The van der Waals surface area contributed by atoms with Gasteiger partial charge in [0.2, 0.25) is 0 Å². The normalized spacial score (nSPS) is 9.71. The lowest BCUT2D eigenvalue weighted by Gasteiger charge is -2.01. The summed E-state index contributed by atoms with van der Waals surface area (Å²) in [6.07, 6.45) is 4.78. The third-order valence-electron chi connectivity index (χ3n) is 1.88. The maximum Gasteiger partial charge on any atom is 0.107 e. The summed E-state index contributed by atoms with van der Waals surface area (Å²) in [5, 5.41) is 7.87. The van der Waals surface area contributed by atoms with E-state index in [1.165, 1.54) is 0 Å². The molecule has 0 aliphatic heterocycles. The highest BCUT2D eigenvalue weighted by Gasteiger charge is 2.04. The standard InChI is InChI=1S/C11H9N3/c12-11(9-4-2-1-3-5-9)10-8-13-6-7-14-10/h1-8,12H. The second-order valence-corrected chi connectivity index (χ2v) is 2.83. The van der Waals surface area contributed by atoms with Crippen molar-refractivity contribution >= 4 is 5.71 Å². The Hall–Kier alpha value is -2.03. The van der Waals surface area contributed by atoms with E-state index in [4.69, 9.17) is 5.41 Å². The van der Waals surface area contributed by atoms with Crippen LogP contribution in [0.15, 0.2) is 48.9 Å². The van der Waals surface area contributed by atoms with Crippen LogP contribution < -0.4 is 0 Å². The molecule has 1 aromatic heterocycles. The molecule has 3 nitrogen and oxygen atoms in total. The first-order chi connectivity index (χ1) is 6.88. The summed E-state index contributed by atoms with van der Waals surface area (Å²) in [4.78, 5) is 8.00. The molecule has 68 valence electrons. The van der Waals surface area contributed by atoms with Gasteiger partial charge in [-0.3, -0.25) is 15.4 Å². The first-order valence-corrected chi connectivity index (χ1v) is 4.28. The molecule has 2 aromatic rings. The van der Waals surface area contributed by atoms with Crippen molar-refractivity contribution in [2.45, 2.75) is 0 Å². The number of benzene rings is 1. The summed E-state index contributed by atoms with van der Waals surface area (Å²) >= 11 is 0. The molecule has 1 heterocycles. The van der Waals surface area contributed by atoms with E-state index < -0.39 is 0 Å². The molecule has 1 N–H and O–H groups in total. The minimum atomic E-state index is 0.402. The van der Waals surface area contributed by atoms with Gasteiger partial charge in [0.25, 0.3) is 0 Å². The van der Waals surface area contributed by atoms with Crippen molar-refractivity contribution in [3.63, 3.8) is 0 Å². The Bertz CT molecular complexity index is 381. The molecule has 3 heteroatoms. The Balaban J connectivity index is 2.35. The third-order valence-corrected chi connectivity index (χ3v) is 1.88. The van der Waals surface area contributed by atoms with Crippen molar-refractivity contribution in [3.8, 4) is 0 Å². The second-order valence-electron chi connectivity index (χ2n) is 2.83. The average molecular weight is 183 g/mol. The number of nitrogens with zero attached hydrogens (tertiary/aromatic N) is 2. The average Bonchev–Trinajstić information content (AvgIpc) is 2.30. The van der Waals surface area contributed by atoms with Crippen molar-refractivity contribution in [1.82, 2.24) is 9.97 Å². The summed E-state index contributed by atoms with van der Waals surface area (Å²) in [7, 11) is 0. The Morgan fingerprint density at radius 2 is 1.86 bits per heavy atom. The second kappa shape index (κ2) is 3.79. The van der Waals surface area contributed by atoms with E-state index in [1.807, 2.05) is 30.3 Å². The van der Waals surface area contributed by atoms with Gasteiger partial charge in [0.05, 0.1) is 11.9 Å². The molecule has 0 spiro atoms. The van der Waals surface area contributed by atoms with Crippen LogP contribution in [0, 0.1) is 5.41 Å². The van der Waals surface area contributed by atoms with Gasteiger partial charge in [0, 0.05) is 18.0 Å². The Kier molecular flexibility index (Phi) is 2.32. The van der Waals surface area contributed by atoms with Crippen molar-refractivity contribution in [3.05, 3.63) is 60.2 Å². The highest BCUT2D eigenvalue weighted by atomic mass is 14.8. The molecule has 0 saturated carbocycles. The highest BCUT2D eigenvalue weighted by molar-refractivity contribution is 6.09. The highest BCUT2D eigenvalue weighted by Crippen LogP contribution is 2.05. The summed E-state index contributed by atoms with van der Waals surface area (Å²) < 4.78 is 0. The first-order valence-electron chi connectivity index (χ1n) is 4.28. The van der Waals surface area contributed by atoms with Crippen LogP contribution in [0.4, 0.5) is 0 Å². The van der Waals surface area contributed by atoms with Crippen molar-refractivity contribution in [2.75, 3.05) is 0 Å². The Morgan fingerprint density at radius 3 is 2.50 bits per heavy atom. The first kappa shape index (κ1) is 8.56. The molecule has 0 fully saturated rings. The molecule has 0 radical (unpaired) electrons. The maximum atomic E-state index is 7.87. The minimum absolute atomic E-state index is 0.402. The van der Waals surface area contributed by atoms with Crippen LogP contribution in [0.25, 0.3) is 0 Å².